The van der Waals surface area contributed by atoms with Gasteiger partial charge < -0.3 is 15.0 Å². The number of aromatic nitrogens is 4. The van der Waals surface area contributed by atoms with E-state index in [4.69, 9.17) is 15.0 Å². The van der Waals surface area contributed by atoms with E-state index in [0.717, 1.165) is 5.56 Å². The number of nitrogens with two attached hydrogens (primary N) is 1. The van der Waals surface area contributed by atoms with Crippen LogP contribution in [0.15, 0.2) is 16.9 Å². The average molecular weight is 249 g/mol. The van der Waals surface area contributed by atoms with E-state index in [1.165, 1.54) is 0 Å². The van der Waals surface area contributed by atoms with Gasteiger partial charge in [0.15, 0.2) is 0 Å². The van der Waals surface area contributed by atoms with Crippen LogP contribution in [0.2, 0.25) is 0 Å². The lowest BCUT2D eigenvalue weighted by Gasteiger charge is -2.04. The van der Waals surface area contributed by atoms with Crippen LogP contribution < -0.4 is 5.73 Å². The van der Waals surface area contributed by atoms with Crippen LogP contribution in [0.5, 0.6) is 0 Å². The summed E-state index contributed by atoms with van der Waals surface area (Å²) in [5.74, 6) is 1.14. The summed E-state index contributed by atoms with van der Waals surface area (Å²) in [7, 11) is 1.62. The fraction of sp³-hybridized carbons (Fsp3) is 0.455. The van der Waals surface area contributed by atoms with Crippen molar-refractivity contribution in [1.29, 1.82) is 0 Å². The summed E-state index contributed by atoms with van der Waals surface area (Å²) >= 11 is 0. The Morgan fingerprint density at radius 3 is 2.72 bits per heavy atom. The largest absolute Gasteiger partial charge is 0.385 e. The Morgan fingerprint density at radius 2 is 2.06 bits per heavy atom. The molecule has 0 aromatic carbocycles. The summed E-state index contributed by atoms with van der Waals surface area (Å²) in [6.07, 6.45) is 4.01. The Hall–Kier alpha value is -1.86. The van der Waals surface area contributed by atoms with Crippen molar-refractivity contribution in [2.75, 3.05) is 13.7 Å². The lowest BCUT2D eigenvalue weighted by molar-refractivity contribution is 0.182. The normalized spacial score (nSPS) is 12.6. The van der Waals surface area contributed by atoms with Gasteiger partial charge in [0.05, 0.1) is 6.04 Å². The van der Waals surface area contributed by atoms with Crippen molar-refractivity contribution < 1.29 is 9.26 Å². The average Bonchev–Trinajstić information content (AvgIpc) is 2.86. The number of rotatable bonds is 5. The number of nitrogens with zero attached hydrogens (tertiary/aromatic N) is 4. The fourth-order valence-electron chi connectivity index (χ4n) is 1.35. The van der Waals surface area contributed by atoms with Crippen LogP contribution in [0.3, 0.4) is 0 Å². The van der Waals surface area contributed by atoms with Gasteiger partial charge in [0.1, 0.15) is 0 Å². The summed E-state index contributed by atoms with van der Waals surface area (Å²) in [6, 6.07) is -0.336. The van der Waals surface area contributed by atoms with Gasteiger partial charge in [-0.1, -0.05) is 5.16 Å². The zero-order valence-corrected chi connectivity index (χ0v) is 10.3. The van der Waals surface area contributed by atoms with Crippen molar-refractivity contribution in [2.24, 2.45) is 5.73 Å². The standard InChI is InChI=1S/C11H15N5O2/c1-7-5-13-9(14-6-7)10-15-11(18-16-10)8(12)3-4-17-2/h5-6,8H,3-4,12H2,1-2H3. The molecule has 0 aliphatic rings. The van der Waals surface area contributed by atoms with Crippen LogP contribution in [0.4, 0.5) is 0 Å². The lowest BCUT2D eigenvalue weighted by atomic mass is 10.2. The van der Waals surface area contributed by atoms with Crippen molar-refractivity contribution in [3.05, 3.63) is 23.8 Å². The van der Waals surface area contributed by atoms with Crippen molar-refractivity contribution in [1.82, 2.24) is 20.1 Å². The Bertz CT molecular complexity index is 496. The summed E-state index contributed by atoms with van der Waals surface area (Å²) in [5, 5.41) is 3.81. The zero-order chi connectivity index (χ0) is 13.0. The summed E-state index contributed by atoms with van der Waals surface area (Å²) in [4.78, 5) is 12.4. The van der Waals surface area contributed by atoms with Gasteiger partial charge in [0, 0.05) is 26.1 Å². The monoisotopic (exact) mass is 249 g/mol. The highest BCUT2D eigenvalue weighted by Gasteiger charge is 2.16. The molecule has 0 aliphatic carbocycles. The second kappa shape index (κ2) is 5.65. The molecule has 2 N–H and O–H groups in total. The highest BCUT2D eigenvalue weighted by atomic mass is 16.5. The van der Waals surface area contributed by atoms with E-state index in [1.807, 2.05) is 6.92 Å². The van der Waals surface area contributed by atoms with E-state index in [9.17, 15) is 0 Å². The molecule has 0 saturated heterocycles. The first-order chi connectivity index (χ1) is 8.70. The Balaban J connectivity index is 2.12. The van der Waals surface area contributed by atoms with E-state index in [0.29, 0.717) is 30.6 Å². The second-order valence-corrected chi connectivity index (χ2v) is 3.93. The molecule has 2 heterocycles. The molecule has 96 valence electrons. The minimum absolute atomic E-state index is 0.336. The fourth-order valence-corrected chi connectivity index (χ4v) is 1.35. The van der Waals surface area contributed by atoms with Crippen molar-refractivity contribution in [3.63, 3.8) is 0 Å². The molecule has 1 unspecified atom stereocenters. The van der Waals surface area contributed by atoms with Gasteiger partial charge in [0.2, 0.25) is 17.5 Å². The van der Waals surface area contributed by atoms with E-state index < -0.39 is 0 Å². The van der Waals surface area contributed by atoms with Gasteiger partial charge in [-0.15, -0.1) is 0 Å². The van der Waals surface area contributed by atoms with Crippen LogP contribution in [0, 0.1) is 6.92 Å². The van der Waals surface area contributed by atoms with E-state index >= 15 is 0 Å². The molecule has 2 rings (SSSR count). The highest BCUT2D eigenvalue weighted by Crippen LogP contribution is 2.16. The molecular weight excluding hydrogens is 234 g/mol. The van der Waals surface area contributed by atoms with Gasteiger partial charge >= 0.3 is 0 Å². The molecule has 0 aliphatic heterocycles. The first-order valence-corrected chi connectivity index (χ1v) is 5.58. The third-order valence-electron chi connectivity index (χ3n) is 2.37. The van der Waals surface area contributed by atoms with E-state index in [-0.39, 0.29) is 6.04 Å². The van der Waals surface area contributed by atoms with E-state index in [2.05, 4.69) is 20.1 Å². The maximum absolute atomic E-state index is 5.88. The number of aryl methyl sites for hydroxylation is 1. The molecule has 0 bridgehead atoms. The maximum atomic E-state index is 5.88. The number of hydrogen-bond acceptors (Lipinski definition) is 7. The quantitative estimate of drug-likeness (QED) is 0.839. The van der Waals surface area contributed by atoms with Crippen LogP contribution >= 0.6 is 0 Å². The minimum atomic E-state index is -0.336. The molecule has 0 radical (unpaired) electrons. The van der Waals surface area contributed by atoms with E-state index in [1.54, 1.807) is 19.5 Å². The molecule has 0 spiro atoms. The van der Waals surface area contributed by atoms with Crippen LogP contribution in [0.25, 0.3) is 11.6 Å². The SMILES string of the molecule is COCCC(N)c1nc(-c2ncc(C)cn2)no1. The van der Waals surface area contributed by atoms with Gasteiger partial charge in [0.25, 0.3) is 0 Å². The number of methoxy groups -OCH3 is 1. The van der Waals surface area contributed by atoms with Gasteiger partial charge in [-0.3, -0.25) is 0 Å². The maximum Gasteiger partial charge on any atom is 0.244 e. The molecule has 0 amide bonds. The smallest absolute Gasteiger partial charge is 0.244 e. The van der Waals surface area contributed by atoms with Gasteiger partial charge in [-0.05, 0) is 18.9 Å². The van der Waals surface area contributed by atoms with Gasteiger partial charge in [-0.25, -0.2) is 9.97 Å². The lowest BCUT2D eigenvalue weighted by Crippen LogP contribution is -2.13. The first-order valence-electron chi connectivity index (χ1n) is 5.58. The zero-order valence-electron chi connectivity index (χ0n) is 10.3. The Morgan fingerprint density at radius 1 is 1.33 bits per heavy atom. The van der Waals surface area contributed by atoms with Crippen LogP contribution in [-0.4, -0.2) is 33.8 Å². The van der Waals surface area contributed by atoms with Crippen molar-refractivity contribution in [3.8, 4) is 11.6 Å². The van der Waals surface area contributed by atoms with Crippen LogP contribution in [0.1, 0.15) is 23.9 Å². The van der Waals surface area contributed by atoms with Gasteiger partial charge in [-0.2, -0.15) is 4.98 Å². The second-order valence-electron chi connectivity index (χ2n) is 3.93. The third kappa shape index (κ3) is 2.88. The molecule has 18 heavy (non-hydrogen) atoms. The molecule has 7 heteroatoms. The van der Waals surface area contributed by atoms with Crippen molar-refractivity contribution in [2.45, 2.75) is 19.4 Å². The molecule has 7 nitrogen and oxygen atoms in total. The topological polar surface area (TPSA) is 100.0 Å². The summed E-state index contributed by atoms with van der Waals surface area (Å²) in [5.41, 5.74) is 6.85. The Kier molecular flexibility index (Phi) is 3.96. The highest BCUT2D eigenvalue weighted by molar-refractivity contribution is 5.41. The predicted octanol–water partition coefficient (Wildman–Crippen LogP) is 0.871. The third-order valence-corrected chi connectivity index (χ3v) is 2.37. The Labute approximate surface area is 104 Å². The predicted molar refractivity (Wildman–Crippen MR) is 63.5 cm³/mol. The first kappa shape index (κ1) is 12.6. The molecule has 2 aromatic heterocycles. The molecule has 0 fully saturated rings. The molecule has 2 aromatic rings. The summed E-state index contributed by atoms with van der Waals surface area (Å²) < 4.78 is 10.0. The number of hydrogen-bond donors (Lipinski definition) is 1. The summed E-state index contributed by atoms with van der Waals surface area (Å²) in [6.45, 7) is 2.45. The minimum Gasteiger partial charge on any atom is -0.385 e. The van der Waals surface area contributed by atoms with Crippen molar-refractivity contribution >= 4 is 0 Å². The van der Waals surface area contributed by atoms with Crippen LogP contribution in [-0.2, 0) is 4.74 Å². The molecular formula is C11H15N5O2. The molecule has 0 saturated carbocycles. The number of ether oxygens (including phenoxy) is 1. The molecule has 1 atom stereocenters.